The predicted octanol–water partition coefficient (Wildman–Crippen LogP) is 4.60. The van der Waals surface area contributed by atoms with Crippen molar-refractivity contribution in [1.29, 1.82) is 0 Å². The molecule has 7 nitrogen and oxygen atoms in total. The number of hydrogen-bond acceptors (Lipinski definition) is 8. The highest BCUT2D eigenvalue weighted by atomic mass is 32.2. The zero-order valence-electron chi connectivity index (χ0n) is 19.4. The number of rotatable bonds is 8. The number of thiophene rings is 1. The first kappa shape index (κ1) is 23.3. The van der Waals surface area contributed by atoms with Gasteiger partial charge in [-0.2, -0.15) is 0 Å². The third-order valence-corrected chi connectivity index (χ3v) is 8.59. The summed E-state index contributed by atoms with van der Waals surface area (Å²) in [4.78, 5) is 39.3. The Labute approximate surface area is 207 Å². The van der Waals surface area contributed by atoms with Crippen LogP contribution in [0.2, 0.25) is 0 Å². The smallest absolute Gasteiger partial charge is 0.226 e. The summed E-state index contributed by atoms with van der Waals surface area (Å²) in [7, 11) is 1.67. The number of aromatic nitrogens is 2. The fourth-order valence-corrected chi connectivity index (χ4v) is 7.00. The second kappa shape index (κ2) is 10.0. The molecule has 0 bridgehead atoms. The molecule has 5 rings (SSSR count). The van der Waals surface area contributed by atoms with Gasteiger partial charge in [0.1, 0.15) is 17.0 Å². The number of nitrogens with zero attached hydrogens (tertiary/aromatic N) is 3. The Morgan fingerprint density at radius 1 is 1.29 bits per heavy atom. The first-order chi connectivity index (χ1) is 16.6. The van der Waals surface area contributed by atoms with Gasteiger partial charge in [0.2, 0.25) is 5.91 Å². The predicted molar refractivity (Wildman–Crippen MR) is 136 cm³/mol. The van der Waals surface area contributed by atoms with Crippen LogP contribution in [0.15, 0.2) is 29.4 Å². The van der Waals surface area contributed by atoms with Crippen LogP contribution < -0.4 is 5.32 Å². The Morgan fingerprint density at radius 2 is 2.18 bits per heavy atom. The Morgan fingerprint density at radius 3 is 3.00 bits per heavy atom. The molecule has 0 radical (unpaired) electrons. The molecular formula is C25H28N4O3S2. The Hall–Kier alpha value is -2.49. The van der Waals surface area contributed by atoms with Crippen LogP contribution in [0.1, 0.15) is 35.8 Å². The van der Waals surface area contributed by atoms with Crippen molar-refractivity contribution in [3.8, 4) is 0 Å². The van der Waals surface area contributed by atoms with Gasteiger partial charge < -0.3 is 15.0 Å². The van der Waals surface area contributed by atoms with Gasteiger partial charge in [-0.05, 0) is 48.9 Å². The zero-order valence-corrected chi connectivity index (χ0v) is 21.1. The lowest BCUT2D eigenvalue weighted by atomic mass is 9.86. The van der Waals surface area contributed by atoms with E-state index >= 15 is 0 Å². The highest BCUT2D eigenvalue weighted by Gasteiger charge is 2.31. The zero-order chi connectivity index (χ0) is 23.7. The third-order valence-electron chi connectivity index (χ3n) is 6.45. The lowest BCUT2D eigenvalue weighted by Gasteiger charge is -2.29. The number of benzene rings is 1. The van der Waals surface area contributed by atoms with E-state index in [1.165, 1.54) is 22.2 Å². The number of carbonyl (C=O) groups is 2. The summed E-state index contributed by atoms with van der Waals surface area (Å²) in [6.45, 7) is 4.07. The molecule has 3 heterocycles. The van der Waals surface area contributed by atoms with E-state index in [0.29, 0.717) is 19.6 Å². The summed E-state index contributed by atoms with van der Waals surface area (Å²) < 4.78 is 5.21. The monoisotopic (exact) mass is 496 g/mol. The van der Waals surface area contributed by atoms with Crippen LogP contribution in [-0.2, 0) is 33.6 Å². The van der Waals surface area contributed by atoms with Crippen LogP contribution in [0.5, 0.6) is 0 Å². The first-order valence-electron chi connectivity index (χ1n) is 11.7. The quantitative estimate of drug-likeness (QED) is 0.488. The molecule has 1 aliphatic heterocycles. The maximum atomic E-state index is 13.3. The highest BCUT2D eigenvalue weighted by Crippen LogP contribution is 2.41. The van der Waals surface area contributed by atoms with Crippen LogP contribution in [0.25, 0.3) is 10.2 Å². The second-order valence-corrected chi connectivity index (χ2v) is 10.9. The molecule has 9 heteroatoms. The molecule has 2 aliphatic rings. The van der Waals surface area contributed by atoms with Gasteiger partial charge in [0.05, 0.1) is 12.0 Å². The Bertz CT molecular complexity index is 1240. The molecule has 0 saturated heterocycles. The summed E-state index contributed by atoms with van der Waals surface area (Å²) in [5, 5.41) is 4.71. The van der Waals surface area contributed by atoms with Crippen LogP contribution in [0, 0.1) is 5.92 Å². The minimum Gasteiger partial charge on any atom is -0.383 e. The van der Waals surface area contributed by atoms with Crippen molar-refractivity contribution in [3.63, 3.8) is 0 Å². The van der Waals surface area contributed by atoms with E-state index in [1.807, 2.05) is 23.1 Å². The fraction of sp³-hybridized carbons (Fsp3) is 0.440. The van der Waals surface area contributed by atoms with Crippen molar-refractivity contribution in [2.75, 3.05) is 32.1 Å². The van der Waals surface area contributed by atoms with Gasteiger partial charge in [-0.25, -0.2) is 9.97 Å². The first-order valence-corrected chi connectivity index (χ1v) is 13.3. The summed E-state index contributed by atoms with van der Waals surface area (Å²) in [5.74, 6) is 1.02. The van der Waals surface area contributed by atoms with Gasteiger partial charge in [0.15, 0.2) is 5.12 Å². The summed E-state index contributed by atoms with van der Waals surface area (Å²) >= 11 is 2.98. The number of nitrogens with one attached hydrogen (secondary N) is 1. The molecule has 0 saturated carbocycles. The number of amides is 1. The number of fused-ring (bicyclic) bond motifs is 4. The largest absolute Gasteiger partial charge is 0.383 e. The SMILES string of the molecule is CCCN(CCOC)C(=O)C1CCc2c(sc3ncnc(Nc4ccc5c(c4)SC(=O)C5)c23)C1. The van der Waals surface area contributed by atoms with Crippen LogP contribution in [-0.4, -0.2) is 52.7 Å². The maximum Gasteiger partial charge on any atom is 0.226 e. The number of anilines is 2. The average molecular weight is 497 g/mol. The Balaban J connectivity index is 1.39. The van der Waals surface area contributed by atoms with Crippen molar-refractivity contribution < 1.29 is 14.3 Å². The minimum atomic E-state index is -0.000362. The molecule has 34 heavy (non-hydrogen) atoms. The minimum absolute atomic E-state index is 0.000362. The van der Waals surface area contributed by atoms with Gasteiger partial charge in [-0.1, -0.05) is 24.8 Å². The Kier molecular flexibility index (Phi) is 6.85. The standard InChI is InChI=1S/C25H28N4O3S2/c1-3-8-29(9-10-32-2)25(31)16-5-7-18-20(11-16)34-24-22(18)23(26-14-27-24)28-17-6-4-15-12-21(30)33-19(15)13-17/h4,6,13-14,16H,3,5,7-12H2,1-2H3,(H,26,27,28). The fourth-order valence-electron chi connectivity index (χ4n) is 4.80. The van der Waals surface area contributed by atoms with E-state index in [9.17, 15) is 9.59 Å². The summed E-state index contributed by atoms with van der Waals surface area (Å²) in [5.41, 5.74) is 3.26. The molecule has 1 aliphatic carbocycles. The molecule has 178 valence electrons. The maximum absolute atomic E-state index is 13.3. The number of ether oxygens (including phenoxy) is 1. The van der Waals surface area contributed by atoms with E-state index < -0.39 is 0 Å². The van der Waals surface area contributed by atoms with Crippen LogP contribution in [0.4, 0.5) is 11.5 Å². The number of thioether (sulfide) groups is 1. The van der Waals surface area contributed by atoms with Crippen molar-refractivity contribution in [1.82, 2.24) is 14.9 Å². The lowest BCUT2D eigenvalue weighted by Crippen LogP contribution is -2.40. The molecule has 1 amide bonds. The summed E-state index contributed by atoms with van der Waals surface area (Å²) in [6, 6.07) is 6.04. The van der Waals surface area contributed by atoms with Gasteiger partial charge in [0.25, 0.3) is 0 Å². The van der Waals surface area contributed by atoms with E-state index in [0.717, 1.165) is 64.4 Å². The molecule has 1 atom stereocenters. The van der Waals surface area contributed by atoms with E-state index in [2.05, 4.69) is 22.2 Å². The molecule has 1 N–H and O–H groups in total. The highest BCUT2D eigenvalue weighted by molar-refractivity contribution is 8.14. The van der Waals surface area contributed by atoms with E-state index in [1.54, 1.807) is 24.8 Å². The summed E-state index contributed by atoms with van der Waals surface area (Å²) in [6.07, 6.45) is 5.45. The number of aryl methyl sites for hydroxylation is 1. The second-order valence-electron chi connectivity index (χ2n) is 8.76. The third kappa shape index (κ3) is 4.56. The van der Waals surface area contributed by atoms with Crippen molar-refractivity contribution in [2.24, 2.45) is 5.92 Å². The van der Waals surface area contributed by atoms with Crippen LogP contribution in [0.3, 0.4) is 0 Å². The van der Waals surface area contributed by atoms with Gasteiger partial charge in [0, 0.05) is 48.0 Å². The molecule has 1 unspecified atom stereocenters. The van der Waals surface area contributed by atoms with Gasteiger partial charge in [-0.3, -0.25) is 9.59 Å². The number of hydrogen-bond donors (Lipinski definition) is 1. The van der Waals surface area contributed by atoms with Crippen molar-refractivity contribution >= 4 is 55.8 Å². The van der Waals surface area contributed by atoms with Crippen molar-refractivity contribution in [3.05, 3.63) is 40.5 Å². The van der Waals surface area contributed by atoms with Gasteiger partial charge >= 0.3 is 0 Å². The number of carbonyl (C=O) groups excluding carboxylic acids is 2. The molecule has 0 spiro atoms. The molecular weight excluding hydrogens is 468 g/mol. The van der Waals surface area contributed by atoms with E-state index in [-0.39, 0.29) is 16.9 Å². The van der Waals surface area contributed by atoms with Crippen LogP contribution >= 0.6 is 23.1 Å². The normalized spacial score (nSPS) is 17.0. The lowest BCUT2D eigenvalue weighted by molar-refractivity contribution is -0.136. The van der Waals surface area contributed by atoms with E-state index in [4.69, 9.17) is 4.74 Å². The van der Waals surface area contributed by atoms with Crippen molar-refractivity contribution in [2.45, 2.75) is 43.9 Å². The molecule has 2 aromatic heterocycles. The molecule has 0 fully saturated rings. The number of methoxy groups -OCH3 is 1. The topological polar surface area (TPSA) is 84.4 Å². The molecule has 3 aromatic rings. The van der Waals surface area contributed by atoms with Gasteiger partial charge in [-0.15, -0.1) is 11.3 Å². The average Bonchev–Trinajstić information content (AvgIpc) is 3.40. The molecule has 1 aromatic carbocycles.